The van der Waals surface area contributed by atoms with Crippen molar-refractivity contribution >= 4 is 0 Å². The van der Waals surface area contributed by atoms with Gasteiger partial charge in [-0.2, -0.15) is 0 Å². The topological polar surface area (TPSA) is 23.5 Å². The standard InChI is InChI=1S/C9H19NO/c1-3-10(4-2)8-9(11)6-5-7-9/h11H,3-8H2,1-2H3. The number of nitrogens with zero attached hydrogens (tertiary/aromatic N) is 1. The van der Waals surface area contributed by atoms with E-state index in [0.717, 1.165) is 32.5 Å². The maximum atomic E-state index is 9.80. The molecular weight excluding hydrogens is 138 g/mol. The molecule has 0 aromatic rings. The van der Waals surface area contributed by atoms with Crippen molar-refractivity contribution in [3.63, 3.8) is 0 Å². The van der Waals surface area contributed by atoms with E-state index in [2.05, 4.69) is 18.7 Å². The van der Waals surface area contributed by atoms with Gasteiger partial charge in [0, 0.05) is 6.54 Å². The predicted molar refractivity (Wildman–Crippen MR) is 46.6 cm³/mol. The molecule has 0 heterocycles. The molecule has 0 aromatic heterocycles. The van der Waals surface area contributed by atoms with Crippen LogP contribution < -0.4 is 0 Å². The van der Waals surface area contributed by atoms with Crippen LogP contribution in [-0.4, -0.2) is 35.2 Å². The molecule has 1 saturated carbocycles. The fourth-order valence-corrected chi connectivity index (χ4v) is 1.61. The third-order valence-electron chi connectivity index (χ3n) is 2.70. The Morgan fingerprint density at radius 3 is 2.09 bits per heavy atom. The SMILES string of the molecule is CCN(CC)CC1(O)CCC1. The summed E-state index contributed by atoms with van der Waals surface area (Å²) in [5.41, 5.74) is -0.327. The number of hydrogen-bond acceptors (Lipinski definition) is 2. The van der Waals surface area contributed by atoms with Crippen LogP contribution >= 0.6 is 0 Å². The molecule has 1 rings (SSSR count). The van der Waals surface area contributed by atoms with Crippen molar-refractivity contribution in [2.24, 2.45) is 0 Å². The molecule has 0 unspecified atom stereocenters. The van der Waals surface area contributed by atoms with Crippen LogP contribution in [0, 0.1) is 0 Å². The summed E-state index contributed by atoms with van der Waals surface area (Å²) in [6.07, 6.45) is 3.21. The van der Waals surface area contributed by atoms with Gasteiger partial charge < -0.3 is 10.0 Å². The summed E-state index contributed by atoms with van der Waals surface area (Å²) in [5.74, 6) is 0. The second kappa shape index (κ2) is 3.55. The highest BCUT2D eigenvalue weighted by Gasteiger charge is 2.35. The molecule has 0 bridgehead atoms. The second-order valence-electron chi connectivity index (χ2n) is 3.54. The molecule has 1 aliphatic carbocycles. The number of rotatable bonds is 4. The normalized spacial score (nSPS) is 21.8. The first-order chi connectivity index (χ1) is 5.20. The van der Waals surface area contributed by atoms with Gasteiger partial charge in [-0.05, 0) is 32.4 Å². The monoisotopic (exact) mass is 157 g/mol. The molecular formula is C9H19NO. The van der Waals surface area contributed by atoms with E-state index in [1.54, 1.807) is 0 Å². The Bertz CT molecular complexity index is 117. The lowest BCUT2D eigenvalue weighted by atomic mass is 9.80. The average Bonchev–Trinajstić information content (AvgIpc) is 1.97. The summed E-state index contributed by atoms with van der Waals surface area (Å²) in [4.78, 5) is 2.29. The van der Waals surface area contributed by atoms with E-state index in [-0.39, 0.29) is 5.60 Å². The van der Waals surface area contributed by atoms with Crippen molar-refractivity contribution in [2.75, 3.05) is 19.6 Å². The molecule has 0 aliphatic heterocycles. The van der Waals surface area contributed by atoms with Gasteiger partial charge in [0.15, 0.2) is 0 Å². The van der Waals surface area contributed by atoms with E-state index in [1.807, 2.05) is 0 Å². The van der Waals surface area contributed by atoms with Crippen LogP contribution in [0.5, 0.6) is 0 Å². The molecule has 0 aromatic carbocycles. The minimum atomic E-state index is -0.327. The van der Waals surface area contributed by atoms with Crippen LogP contribution in [0.3, 0.4) is 0 Å². The van der Waals surface area contributed by atoms with Gasteiger partial charge in [0.2, 0.25) is 0 Å². The quantitative estimate of drug-likeness (QED) is 0.663. The number of hydrogen-bond donors (Lipinski definition) is 1. The van der Waals surface area contributed by atoms with Gasteiger partial charge in [-0.15, -0.1) is 0 Å². The smallest absolute Gasteiger partial charge is 0.0774 e. The number of likely N-dealkylation sites (N-methyl/N-ethyl adjacent to an activating group) is 1. The summed E-state index contributed by atoms with van der Waals surface area (Å²) in [7, 11) is 0. The van der Waals surface area contributed by atoms with Crippen LogP contribution in [0.4, 0.5) is 0 Å². The van der Waals surface area contributed by atoms with E-state index >= 15 is 0 Å². The molecule has 11 heavy (non-hydrogen) atoms. The van der Waals surface area contributed by atoms with E-state index in [0.29, 0.717) is 0 Å². The van der Waals surface area contributed by atoms with Crippen molar-refractivity contribution in [1.29, 1.82) is 0 Å². The highest BCUT2D eigenvalue weighted by atomic mass is 16.3. The average molecular weight is 157 g/mol. The van der Waals surface area contributed by atoms with Crippen LogP contribution in [0.2, 0.25) is 0 Å². The van der Waals surface area contributed by atoms with Crippen molar-refractivity contribution in [1.82, 2.24) is 4.90 Å². The van der Waals surface area contributed by atoms with E-state index in [1.165, 1.54) is 6.42 Å². The lowest BCUT2D eigenvalue weighted by Crippen LogP contribution is -2.47. The molecule has 1 aliphatic rings. The van der Waals surface area contributed by atoms with Gasteiger partial charge in [0.25, 0.3) is 0 Å². The molecule has 0 saturated heterocycles. The van der Waals surface area contributed by atoms with Gasteiger partial charge in [0.1, 0.15) is 0 Å². The summed E-state index contributed by atoms with van der Waals surface area (Å²) < 4.78 is 0. The molecule has 0 amide bonds. The molecule has 0 atom stereocenters. The van der Waals surface area contributed by atoms with Gasteiger partial charge >= 0.3 is 0 Å². The molecule has 2 heteroatoms. The van der Waals surface area contributed by atoms with E-state index in [9.17, 15) is 5.11 Å². The lowest BCUT2D eigenvalue weighted by Gasteiger charge is -2.40. The van der Waals surface area contributed by atoms with Crippen molar-refractivity contribution < 1.29 is 5.11 Å². The maximum absolute atomic E-state index is 9.80. The van der Waals surface area contributed by atoms with Gasteiger partial charge in [-0.3, -0.25) is 0 Å². The van der Waals surface area contributed by atoms with Crippen molar-refractivity contribution in [3.05, 3.63) is 0 Å². The van der Waals surface area contributed by atoms with Crippen molar-refractivity contribution in [2.45, 2.75) is 38.7 Å². The minimum absolute atomic E-state index is 0.327. The zero-order valence-corrected chi connectivity index (χ0v) is 7.64. The Labute approximate surface area is 69.2 Å². The van der Waals surface area contributed by atoms with Crippen LogP contribution in [0.25, 0.3) is 0 Å². The fraction of sp³-hybridized carbons (Fsp3) is 1.00. The van der Waals surface area contributed by atoms with Gasteiger partial charge in [-0.25, -0.2) is 0 Å². The molecule has 1 N–H and O–H groups in total. The van der Waals surface area contributed by atoms with E-state index < -0.39 is 0 Å². The Hall–Kier alpha value is -0.0800. The molecule has 1 fully saturated rings. The fourth-order valence-electron chi connectivity index (χ4n) is 1.61. The van der Waals surface area contributed by atoms with E-state index in [4.69, 9.17) is 0 Å². The van der Waals surface area contributed by atoms with Crippen LogP contribution in [-0.2, 0) is 0 Å². The zero-order valence-electron chi connectivity index (χ0n) is 7.64. The molecule has 0 radical (unpaired) electrons. The van der Waals surface area contributed by atoms with Gasteiger partial charge in [0.05, 0.1) is 5.60 Å². The molecule has 66 valence electrons. The zero-order chi connectivity index (χ0) is 8.32. The maximum Gasteiger partial charge on any atom is 0.0774 e. The Morgan fingerprint density at radius 2 is 1.82 bits per heavy atom. The largest absolute Gasteiger partial charge is 0.389 e. The van der Waals surface area contributed by atoms with Gasteiger partial charge in [-0.1, -0.05) is 13.8 Å². The minimum Gasteiger partial charge on any atom is -0.389 e. The third kappa shape index (κ3) is 2.17. The third-order valence-corrected chi connectivity index (χ3v) is 2.70. The van der Waals surface area contributed by atoms with Crippen LogP contribution in [0.1, 0.15) is 33.1 Å². The summed E-state index contributed by atoms with van der Waals surface area (Å²) in [6, 6.07) is 0. The predicted octanol–water partition coefficient (Wildman–Crippen LogP) is 1.24. The summed E-state index contributed by atoms with van der Waals surface area (Å²) in [6.45, 7) is 7.27. The first-order valence-electron chi connectivity index (χ1n) is 4.65. The Kier molecular flexibility index (Phi) is 2.90. The Balaban J connectivity index is 2.27. The van der Waals surface area contributed by atoms with Crippen LogP contribution in [0.15, 0.2) is 0 Å². The second-order valence-corrected chi connectivity index (χ2v) is 3.54. The highest BCUT2D eigenvalue weighted by molar-refractivity contribution is 4.89. The Morgan fingerprint density at radius 1 is 1.27 bits per heavy atom. The first-order valence-corrected chi connectivity index (χ1v) is 4.65. The molecule has 0 spiro atoms. The summed E-state index contributed by atoms with van der Waals surface area (Å²) >= 11 is 0. The molecule has 2 nitrogen and oxygen atoms in total. The van der Waals surface area contributed by atoms with Crippen molar-refractivity contribution in [3.8, 4) is 0 Å². The first kappa shape index (κ1) is 9.01. The highest BCUT2D eigenvalue weighted by Crippen LogP contribution is 2.31. The summed E-state index contributed by atoms with van der Waals surface area (Å²) in [5, 5.41) is 9.80. The lowest BCUT2D eigenvalue weighted by molar-refractivity contribution is -0.0570. The number of aliphatic hydroxyl groups is 1.